The molecule has 3 fully saturated rings. The largest absolute Gasteiger partial charge is 0.396 e. The number of rotatable bonds is 1. The Balaban J connectivity index is 2.16. The predicted octanol–water partition coefficient (Wildman–Crippen LogP) is 0.988. The highest BCUT2D eigenvalue weighted by Crippen LogP contribution is 2.60. The topological polar surface area (TPSA) is 46.2 Å². The molecule has 0 aromatic heterocycles. The molecule has 5 unspecified atom stereocenters. The maximum atomic E-state index is 9.31. The lowest BCUT2D eigenvalue weighted by Gasteiger charge is -2.62. The second-order valence-corrected chi connectivity index (χ2v) is 4.96. The fraction of sp³-hybridized carbons (Fsp3) is 1.00. The Morgan fingerprint density at radius 3 is 2.67 bits per heavy atom. The van der Waals surface area contributed by atoms with Gasteiger partial charge in [-0.25, -0.2) is 0 Å². The molecule has 0 radical (unpaired) electrons. The van der Waals surface area contributed by atoms with Crippen molar-refractivity contribution in [2.75, 3.05) is 6.61 Å². The number of fused-ring (bicyclic) bond motifs is 2. The highest BCUT2D eigenvalue weighted by atomic mass is 16.3. The summed E-state index contributed by atoms with van der Waals surface area (Å²) in [5.41, 5.74) is 6.20. The molecule has 12 heavy (non-hydrogen) atoms. The molecule has 0 aliphatic heterocycles. The normalized spacial score (nSPS) is 58.0. The third kappa shape index (κ3) is 0.826. The van der Waals surface area contributed by atoms with Gasteiger partial charge in [0.1, 0.15) is 0 Å². The zero-order chi connectivity index (χ0) is 8.93. The van der Waals surface area contributed by atoms with Gasteiger partial charge in [-0.15, -0.1) is 0 Å². The van der Waals surface area contributed by atoms with Crippen LogP contribution in [-0.4, -0.2) is 17.8 Å². The van der Waals surface area contributed by atoms with Gasteiger partial charge in [0.25, 0.3) is 0 Å². The Hall–Kier alpha value is -0.0800. The molecule has 2 bridgehead atoms. The van der Waals surface area contributed by atoms with E-state index < -0.39 is 0 Å². The van der Waals surface area contributed by atoms with Crippen molar-refractivity contribution in [2.24, 2.45) is 28.9 Å². The van der Waals surface area contributed by atoms with E-state index in [4.69, 9.17) is 5.73 Å². The lowest BCUT2D eigenvalue weighted by Crippen LogP contribution is -2.61. The van der Waals surface area contributed by atoms with Crippen LogP contribution in [0.5, 0.6) is 0 Å². The number of aliphatic hydroxyl groups is 1. The molecule has 3 aliphatic rings. The van der Waals surface area contributed by atoms with E-state index in [1.54, 1.807) is 0 Å². The van der Waals surface area contributed by atoms with Crippen LogP contribution in [0, 0.1) is 23.2 Å². The number of hydrogen-bond acceptors (Lipinski definition) is 2. The van der Waals surface area contributed by atoms with Gasteiger partial charge in [0.2, 0.25) is 0 Å². The van der Waals surface area contributed by atoms with Gasteiger partial charge in [-0.3, -0.25) is 0 Å². The van der Waals surface area contributed by atoms with Crippen molar-refractivity contribution in [2.45, 2.75) is 32.7 Å². The molecule has 0 aromatic rings. The first-order valence-electron chi connectivity index (χ1n) is 4.96. The fourth-order valence-electron chi connectivity index (χ4n) is 3.26. The molecular formula is C10H19NO. The molecule has 70 valence electrons. The fourth-order valence-corrected chi connectivity index (χ4v) is 3.26. The van der Waals surface area contributed by atoms with Crippen LogP contribution < -0.4 is 5.73 Å². The van der Waals surface area contributed by atoms with Crippen molar-refractivity contribution in [3.8, 4) is 0 Å². The Kier molecular flexibility index (Phi) is 1.74. The molecule has 3 rings (SSSR count). The van der Waals surface area contributed by atoms with E-state index in [0.717, 1.165) is 6.42 Å². The summed E-state index contributed by atoms with van der Waals surface area (Å²) >= 11 is 0. The minimum atomic E-state index is 0.204. The average Bonchev–Trinajstić information content (AvgIpc) is 2.07. The van der Waals surface area contributed by atoms with Gasteiger partial charge in [0.05, 0.1) is 0 Å². The Morgan fingerprint density at radius 1 is 1.50 bits per heavy atom. The second kappa shape index (κ2) is 2.46. The molecule has 0 aromatic carbocycles. The maximum absolute atomic E-state index is 9.31. The van der Waals surface area contributed by atoms with Gasteiger partial charge >= 0.3 is 0 Å². The molecule has 5 atom stereocenters. The summed E-state index contributed by atoms with van der Waals surface area (Å²) in [6.45, 7) is 4.80. The van der Waals surface area contributed by atoms with Crippen LogP contribution in [0.25, 0.3) is 0 Å². The third-order valence-electron chi connectivity index (χ3n) is 4.53. The zero-order valence-electron chi connectivity index (χ0n) is 7.96. The van der Waals surface area contributed by atoms with Crippen LogP contribution in [-0.2, 0) is 0 Å². The maximum Gasteiger partial charge on any atom is 0.0490 e. The smallest absolute Gasteiger partial charge is 0.0490 e. The van der Waals surface area contributed by atoms with Crippen molar-refractivity contribution in [3.63, 3.8) is 0 Å². The number of hydrogen-bond donors (Lipinski definition) is 2. The first-order chi connectivity index (χ1) is 5.59. The molecule has 0 spiro atoms. The van der Waals surface area contributed by atoms with E-state index in [0.29, 0.717) is 30.4 Å². The zero-order valence-corrected chi connectivity index (χ0v) is 7.96. The number of nitrogens with two attached hydrogens (primary N) is 1. The van der Waals surface area contributed by atoms with E-state index in [2.05, 4.69) is 13.8 Å². The Morgan fingerprint density at radius 2 is 2.17 bits per heavy atom. The van der Waals surface area contributed by atoms with Crippen LogP contribution >= 0.6 is 0 Å². The summed E-state index contributed by atoms with van der Waals surface area (Å²) in [5.74, 6) is 1.97. The van der Waals surface area contributed by atoms with Gasteiger partial charge in [0, 0.05) is 12.6 Å². The van der Waals surface area contributed by atoms with Crippen molar-refractivity contribution in [1.82, 2.24) is 0 Å². The van der Waals surface area contributed by atoms with Gasteiger partial charge in [-0.1, -0.05) is 13.8 Å². The minimum Gasteiger partial charge on any atom is -0.396 e. The Bertz CT molecular complexity index is 194. The molecular weight excluding hydrogens is 150 g/mol. The summed E-state index contributed by atoms with van der Waals surface area (Å²) < 4.78 is 0. The molecule has 3 saturated carbocycles. The van der Waals surface area contributed by atoms with Crippen molar-refractivity contribution < 1.29 is 5.11 Å². The monoisotopic (exact) mass is 169 g/mol. The van der Waals surface area contributed by atoms with Crippen LogP contribution in [0.4, 0.5) is 0 Å². The van der Waals surface area contributed by atoms with Gasteiger partial charge < -0.3 is 10.8 Å². The van der Waals surface area contributed by atoms with Crippen LogP contribution in [0.3, 0.4) is 0 Å². The lowest BCUT2D eigenvalue weighted by atomic mass is 9.44. The first kappa shape index (κ1) is 8.52. The third-order valence-corrected chi connectivity index (χ3v) is 4.53. The van der Waals surface area contributed by atoms with Gasteiger partial charge in [-0.2, -0.15) is 0 Å². The van der Waals surface area contributed by atoms with Gasteiger partial charge in [0.15, 0.2) is 0 Å². The summed E-state index contributed by atoms with van der Waals surface area (Å²) in [5, 5.41) is 9.31. The summed E-state index contributed by atoms with van der Waals surface area (Å²) in [4.78, 5) is 0. The average molecular weight is 169 g/mol. The molecule has 0 heterocycles. The molecule has 3 N–H and O–H groups in total. The minimum absolute atomic E-state index is 0.204. The van der Waals surface area contributed by atoms with Crippen LogP contribution in [0.2, 0.25) is 0 Å². The molecule has 0 amide bonds. The highest BCUT2D eigenvalue weighted by molar-refractivity contribution is 5.07. The standard InChI is InChI=1S/C10H19NO/c1-6-8-3-7(4-9(6)11)10(8,2)5-12/h6-9,12H,3-5,11H2,1-2H3. The second-order valence-electron chi connectivity index (χ2n) is 4.96. The van der Waals surface area contributed by atoms with Crippen LogP contribution in [0.1, 0.15) is 26.7 Å². The van der Waals surface area contributed by atoms with E-state index in [-0.39, 0.29) is 5.41 Å². The lowest BCUT2D eigenvalue weighted by molar-refractivity contribution is -0.146. The van der Waals surface area contributed by atoms with Crippen molar-refractivity contribution in [3.05, 3.63) is 0 Å². The first-order valence-corrected chi connectivity index (χ1v) is 4.96. The van der Waals surface area contributed by atoms with E-state index in [9.17, 15) is 5.11 Å². The quantitative estimate of drug-likeness (QED) is 0.615. The summed E-state index contributed by atoms with van der Waals surface area (Å²) in [6.07, 6.45) is 2.42. The SMILES string of the molecule is CC1C(N)CC2CC1C2(C)CO. The Labute approximate surface area is 74.1 Å². The van der Waals surface area contributed by atoms with Gasteiger partial charge in [-0.05, 0) is 36.0 Å². The highest BCUT2D eigenvalue weighted by Gasteiger charge is 2.57. The predicted molar refractivity (Wildman–Crippen MR) is 48.5 cm³/mol. The molecule has 3 aliphatic carbocycles. The molecule has 2 nitrogen and oxygen atoms in total. The number of aliphatic hydroxyl groups excluding tert-OH is 1. The van der Waals surface area contributed by atoms with Crippen LogP contribution in [0.15, 0.2) is 0 Å². The molecule has 0 saturated heterocycles. The molecule has 2 heteroatoms. The van der Waals surface area contributed by atoms with E-state index in [1.165, 1.54) is 6.42 Å². The summed E-state index contributed by atoms with van der Waals surface area (Å²) in [6, 6.07) is 0.383. The van der Waals surface area contributed by atoms with Crippen molar-refractivity contribution >= 4 is 0 Å². The van der Waals surface area contributed by atoms with E-state index >= 15 is 0 Å². The summed E-state index contributed by atoms with van der Waals surface area (Å²) in [7, 11) is 0. The van der Waals surface area contributed by atoms with Crippen molar-refractivity contribution in [1.29, 1.82) is 0 Å². The van der Waals surface area contributed by atoms with E-state index in [1.807, 2.05) is 0 Å².